The zero-order chi connectivity index (χ0) is 17.6. The van der Waals surface area contributed by atoms with Crippen molar-refractivity contribution in [1.82, 2.24) is 9.97 Å². The van der Waals surface area contributed by atoms with Crippen LogP contribution >= 0.6 is 0 Å². The van der Waals surface area contributed by atoms with Crippen LogP contribution in [0.4, 0.5) is 17.3 Å². The predicted octanol–water partition coefficient (Wildman–Crippen LogP) is 4.20. The molecule has 0 saturated heterocycles. The summed E-state index contributed by atoms with van der Waals surface area (Å²) in [6, 6.07) is 17.5. The van der Waals surface area contributed by atoms with Crippen LogP contribution in [0.1, 0.15) is 22.8 Å². The van der Waals surface area contributed by atoms with Crippen LogP contribution in [0.5, 0.6) is 0 Å². The van der Waals surface area contributed by atoms with Crippen molar-refractivity contribution in [3.63, 3.8) is 0 Å². The largest absolute Gasteiger partial charge is 0.322 e. The van der Waals surface area contributed by atoms with Crippen molar-refractivity contribution in [3.05, 3.63) is 78.1 Å². The monoisotopic (exact) mass is 332 g/mol. The van der Waals surface area contributed by atoms with Gasteiger partial charge in [0.15, 0.2) is 0 Å². The summed E-state index contributed by atoms with van der Waals surface area (Å²) < 4.78 is 0. The molecule has 0 spiro atoms. The molecule has 0 bridgehead atoms. The highest BCUT2D eigenvalue weighted by Crippen LogP contribution is 2.22. The molecular weight excluding hydrogens is 312 g/mol. The van der Waals surface area contributed by atoms with Crippen LogP contribution in [0.25, 0.3) is 0 Å². The molecule has 0 saturated carbocycles. The third-order valence-corrected chi connectivity index (χ3v) is 3.80. The van der Waals surface area contributed by atoms with E-state index >= 15 is 0 Å². The molecule has 1 heterocycles. The minimum Gasteiger partial charge on any atom is -0.322 e. The fourth-order valence-electron chi connectivity index (χ4n) is 2.54. The van der Waals surface area contributed by atoms with Gasteiger partial charge in [-0.05, 0) is 43.7 Å². The number of aryl methyl sites for hydroxylation is 1. The third kappa shape index (κ3) is 4.01. The maximum Gasteiger partial charge on any atom is 0.258 e. The lowest BCUT2D eigenvalue weighted by Crippen LogP contribution is -2.20. The topological polar surface area (TPSA) is 58.1 Å². The molecule has 0 radical (unpaired) electrons. The van der Waals surface area contributed by atoms with Gasteiger partial charge < -0.3 is 10.2 Å². The third-order valence-electron chi connectivity index (χ3n) is 3.80. The Hall–Kier alpha value is -3.21. The van der Waals surface area contributed by atoms with Crippen LogP contribution in [-0.2, 0) is 0 Å². The van der Waals surface area contributed by atoms with Gasteiger partial charge in [0, 0.05) is 30.3 Å². The summed E-state index contributed by atoms with van der Waals surface area (Å²) in [5.74, 6) is 0.348. The Balaban J connectivity index is 1.78. The molecular formula is C20H20N4O. The first-order valence-corrected chi connectivity index (χ1v) is 8.20. The van der Waals surface area contributed by atoms with Gasteiger partial charge in [0.05, 0.1) is 5.56 Å². The zero-order valence-corrected chi connectivity index (χ0v) is 14.3. The van der Waals surface area contributed by atoms with Gasteiger partial charge >= 0.3 is 0 Å². The van der Waals surface area contributed by atoms with Crippen LogP contribution < -0.4 is 10.2 Å². The van der Waals surface area contributed by atoms with Gasteiger partial charge in [-0.2, -0.15) is 0 Å². The molecule has 0 aliphatic rings. The highest BCUT2D eigenvalue weighted by molar-refractivity contribution is 6.03. The van der Waals surface area contributed by atoms with Crippen molar-refractivity contribution in [1.29, 1.82) is 0 Å². The SMILES string of the molecule is CCN(c1cccc(C)c1)c1ncc(C(=O)Nc2ccccc2)cn1. The zero-order valence-electron chi connectivity index (χ0n) is 14.3. The van der Waals surface area contributed by atoms with Crippen molar-refractivity contribution < 1.29 is 4.79 Å². The molecule has 126 valence electrons. The number of rotatable bonds is 5. The summed E-state index contributed by atoms with van der Waals surface area (Å²) in [6.07, 6.45) is 3.11. The van der Waals surface area contributed by atoms with Gasteiger partial charge in [-0.1, -0.05) is 30.3 Å². The molecule has 3 aromatic rings. The number of para-hydroxylation sites is 1. The molecule has 3 rings (SSSR count). The average Bonchev–Trinajstić information content (AvgIpc) is 2.64. The Kier molecular flexibility index (Phi) is 5.04. The van der Waals surface area contributed by atoms with E-state index in [0.29, 0.717) is 11.5 Å². The highest BCUT2D eigenvalue weighted by atomic mass is 16.1. The number of nitrogens with one attached hydrogen (secondary N) is 1. The Morgan fingerprint density at radius 1 is 1.04 bits per heavy atom. The van der Waals surface area contributed by atoms with E-state index in [0.717, 1.165) is 17.9 Å². The number of aromatic nitrogens is 2. The smallest absolute Gasteiger partial charge is 0.258 e. The van der Waals surface area contributed by atoms with Crippen molar-refractivity contribution >= 4 is 23.2 Å². The number of hydrogen-bond acceptors (Lipinski definition) is 4. The number of carbonyl (C=O) groups is 1. The molecule has 5 nitrogen and oxygen atoms in total. The first-order chi connectivity index (χ1) is 12.2. The fourth-order valence-corrected chi connectivity index (χ4v) is 2.54. The second kappa shape index (κ2) is 7.57. The van der Waals surface area contributed by atoms with Crippen molar-refractivity contribution in [2.45, 2.75) is 13.8 Å². The van der Waals surface area contributed by atoms with Gasteiger partial charge in [-0.3, -0.25) is 4.79 Å². The number of anilines is 3. The molecule has 2 aromatic carbocycles. The van der Waals surface area contributed by atoms with Gasteiger partial charge in [0.2, 0.25) is 5.95 Å². The lowest BCUT2D eigenvalue weighted by atomic mass is 10.2. The van der Waals surface area contributed by atoms with Gasteiger partial charge in [0.1, 0.15) is 0 Å². The molecule has 1 aromatic heterocycles. The number of carbonyl (C=O) groups excluding carboxylic acids is 1. The van der Waals surface area contributed by atoms with Gasteiger partial charge in [-0.15, -0.1) is 0 Å². The van der Waals surface area contributed by atoms with Gasteiger partial charge in [-0.25, -0.2) is 9.97 Å². The Morgan fingerprint density at radius 3 is 2.40 bits per heavy atom. The summed E-state index contributed by atoms with van der Waals surface area (Å²) in [5, 5.41) is 2.83. The Morgan fingerprint density at radius 2 is 1.76 bits per heavy atom. The number of amides is 1. The predicted molar refractivity (Wildman–Crippen MR) is 100 cm³/mol. The number of nitrogens with zero attached hydrogens (tertiary/aromatic N) is 3. The first-order valence-electron chi connectivity index (χ1n) is 8.20. The molecule has 0 aliphatic carbocycles. The van der Waals surface area contributed by atoms with E-state index in [2.05, 4.69) is 34.3 Å². The number of benzene rings is 2. The van der Waals surface area contributed by atoms with Crippen molar-refractivity contribution in [2.24, 2.45) is 0 Å². The maximum atomic E-state index is 12.3. The van der Waals surface area contributed by atoms with Crippen molar-refractivity contribution in [3.8, 4) is 0 Å². The summed E-state index contributed by atoms with van der Waals surface area (Å²) in [5.41, 5.74) is 3.37. The summed E-state index contributed by atoms with van der Waals surface area (Å²) in [6.45, 7) is 4.83. The normalized spacial score (nSPS) is 10.3. The molecule has 0 aliphatic heterocycles. The molecule has 0 fully saturated rings. The van der Waals surface area contributed by atoms with Gasteiger partial charge in [0.25, 0.3) is 5.91 Å². The van der Waals surface area contributed by atoms with Crippen LogP contribution in [0, 0.1) is 6.92 Å². The standard InChI is InChI=1S/C20H20N4O/c1-3-24(18-11-7-8-15(2)12-18)20-21-13-16(14-22-20)19(25)23-17-9-5-4-6-10-17/h4-14H,3H2,1-2H3,(H,23,25). The lowest BCUT2D eigenvalue weighted by Gasteiger charge is -2.21. The summed E-state index contributed by atoms with van der Waals surface area (Å²) in [4.78, 5) is 23.0. The molecule has 0 atom stereocenters. The second-order valence-corrected chi connectivity index (χ2v) is 5.68. The van der Waals surface area contributed by atoms with E-state index < -0.39 is 0 Å². The Labute approximate surface area is 147 Å². The van der Waals surface area contributed by atoms with E-state index in [4.69, 9.17) is 0 Å². The van der Waals surface area contributed by atoms with E-state index in [1.54, 1.807) is 12.4 Å². The fraction of sp³-hybridized carbons (Fsp3) is 0.150. The molecule has 0 unspecified atom stereocenters. The van der Waals surface area contributed by atoms with E-state index in [1.807, 2.05) is 54.3 Å². The minimum atomic E-state index is -0.226. The summed E-state index contributed by atoms with van der Waals surface area (Å²) >= 11 is 0. The molecule has 1 N–H and O–H groups in total. The average molecular weight is 332 g/mol. The maximum absolute atomic E-state index is 12.3. The summed E-state index contributed by atoms with van der Waals surface area (Å²) in [7, 11) is 0. The molecule has 1 amide bonds. The van der Waals surface area contributed by atoms with Crippen LogP contribution in [0.3, 0.4) is 0 Å². The lowest BCUT2D eigenvalue weighted by molar-refractivity contribution is 0.102. The minimum absolute atomic E-state index is 0.226. The van der Waals surface area contributed by atoms with E-state index in [-0.39, 0.29) is 5.91 Å². The van der Waals surface area contributed by atoms with Crippen LogP contribution in [-0.4, -0.2) is 22.4 Å². The first kappa shape index (κ1) is 16.6. The molecule has 5 heteroatoms. The van der Waals surface area contributed by atoms with Crippen LogP contribution in [0.2, 0.25) is 0 Å². The second-order valence-electron chi connectivity index (χ2n) is 5.68. The Bertz CT molecular complexity index is 847. The van der Waals surface area contributed by atoms with Crippen molar-refractivity contribution in [2.75, 3.05) is 16.8 Å². The quantitative estimate of drug-likeness (QED) is 0.761. The highest BCUT2D eigenvalue weighted by Gasteiger charge is 2.12. The number of hydrogen-bond donors (Lipinski definition) is 1. The van der Waals surface area contributed by atoms with Crippen LogP contribution in [0.15, 0.2) is 67.0 Å². The van der Waals surface area contributed by atoms with E-state index in [1.165, 1.54) is 5.56 Å². The molecule has 25 heavy (non-hydrogen) atoms. The van der Waals surface area contributed by atoms with E-state index in [9.17, 15) is 4.79 Å².